The van der Waals surface area contributed by atoms with Crippen molar-refractivity contribution < 1.29 is 13.2 Å². The number of hydrogen-bond donors (Lipinski definition) is 2. The molecule has 3 N–H and O–H groups in total. The van der Waals surface area contributed by atoms with Crippen molar-refractivity contribution in [2.75, 3.05) is 19.4 Å². The van der Waals surface area contributed by atoms with E-state index < -0.39 is 10.0 Å². The molecular weight excluding hydrogens is 276 g/mol. The van der Waals surface area contributed by atoms with Gasteiger partial charge in [0.05, 0.1) is 6.10 Å². The molecule has 1 atom stereocenters. The molecule has 0 spiro atoms. The molecule has 0 aliphatic heterocycles. The maximum absolute atomic E-state index is 12.1. The highest BCUT2D eigenvalue weighted by molar-refractivity contribution is 7.89. The van der Waals surface area contributed by atoms with Crippen LogP contribution in [0.1, 0.15) is 6.92 Å². The predicted molar refractivity (Wildman–Crippen MR) is 69.1 cm³/mol. The summed E-state index contributed by atoms with van der Waals surface area (Å²) in [5.41, 5.74) is 5.65. The van der Waals surface area contributed by atoms with E-state index in [2.05, 4.69) is 9.71 Å². The zero-order valence-electron chi connectivity index (χ0n) is 9.95. The molecule has 2 aromatic heterocycles. The third-order valence-electron chi connectivity index (χ3n) is 2.46. The maximum Gasteiger partial charge on any atom is 0.260 e. The Morgan fingerprint density at radius 3 is 3.06 bits per heavy atom. The van der Waals surface area contributed by atoms with Gasteiger partial charge in [-0.3, -0.25) is 4.40 Å². The Morgan fingerprint density at radius 2 is 2.39 bits per heavy atom. The Balaban J connectivity index is 2.34. The second-order valence-corrected chi connectivity index (χ2v) is 6.31. The molecule has 1 unspecified atom stereocenters. The Labute approximate surface area is 109 Å². The monoisotopic (exact) mass is 290 g/mol. The molecule has 0 radical (unpaired) electrons. The third-order valence-corrected chi connectivity index (χ3v) is 4.68. The van der Waals surface area contributed by atoms with Gasteiger partial charge in [-0.1, -0.05) is 0 Å². The smallest absolute Gasteiger partial charge is 0.260 e. The lowest BCUT2D eigenvalue weighted by atomic mass is 10.4. The van der Waals surface area contributed by atoms with Crippen molar-refractivity contribution in [2.45, 2.75) is 18.1 Å². The molecule has 0 fully saturated rings. The molecule has 18 heavy (non-hydrogen) atoms. The fourth-order valence-electron chi connectivity index (χ4n) is 1.43. The molecular formula is C9H14N4O3S2. The highest BCUT2D eigenvalue weighted by Gasteiger charge is 2.24. The van der Waals surface area contributed by atoms with E-state index in [9.17, 15) is 8.42 Å². The van der Waals surface area contributed by atoms with Gasteiger partial charge in [0, 0.05) is 25.2 Å². The number of thiazole rings is 1. The molecule has 2 rings (SSSR count). The molecule has 0 aliphatic rings. The van der Waals surface area contributed by atoms with Crippen LogP contribution < -0.4 is 10.5 Å². The minimum Gasteiger partial charge on any atom is -0.381 e. The SMILES string of the molecule is COC(C)CNS(=O)(=O)c1c(N)nc2sccn12. The number of ether oxygens (including phenoxy) is 1. The van der Waals surface area contributed by atoms with Gasteiger partial charge in [0.25, 0.3) is 10.0 Å². The molecule has 2 heterocycles. The molecule has 0 saturated heterocycles. The molecule has 0 amide bonds. The van der Waals surface area contributed by atoms with E-state index in [-0.39, 0.29) is 23.5 Å². The van der Waals surface area contributed by atoms with Crippen LogP contribution in [0, 0.1) is 0 Å². The predicted octanol–water partition coefficient (Wildman–Crippen LogP) is 0.291. The molecule has 0 aromatic carbocycles. The van der Waals surface area contributed by atoms with Crippen molar-refractivity contribution in [1.29, 1.82) is 0 Å². The van der Waals surface area contributed by atoms with Gasteiger partial charge in [-0.05, 0) is 6.92 Å². The first kappa shape index (κ1) is 13.3. The summed E-state index contributed by atoms with van der Waals surface area (Å²) in [6.07, 6.45) is 1.41. The molecule has 9 heteroatoms. The lowest BCUT2D eigenvalue weighted by molar-refractivity contribution is 0.122. The Kier molecular flexibility index (Phi) is 3.57. The molecule has 0 bridgehead atoms. The second-order valence-electron chi connectivity index (χ2n) is 3.76. The quantitative estimate of drug-likeness (QED) is 0.824. The lowest BCUT2D eigenvalue weighted by Gasteiger charge is -2.11. The number of nitrogens with one attached hydrogen (secondary N) is 1. The number of anilines is 1. The number of nitrogens with zero attached hydrogens (tertiary/aromatic N) is 2. The van der Waals surface area contributed by atoms with Crippen LogP contribution in [0.4, 0.5) is 5.82 Å². The van der Waals surface area contributed by atoms with Crippen molar-refractivity contribution in [2.24, 2.45) is 0 Å². The van der Waals surface area contributed by atoms with Crippen LogP contribution in [0.5, 0.6) is 0 Å². The van der Waals surface area contributed by atoms with E-state index in [4.69, 9.17) is 10.5 Å². The average molecular weight is 290 g/mol. The highest BCUT2D eigenvalue weighted by Crippen LogP contribution is 2.22. The first-order valence-electron chi connectivity index (χ1n) is 5.19. The van der Waals surface area contributed by atoms with Gasteiger partial charge in [0.15, 0.2) is 15.8 Å². The van der Waals surface area contributed by atoms with Gasteiger partial charge < -0.3 is 10.5 Å². The summed E-state index contributed by atoms with van der Waals surface area (Å²) >= 11 is 1.32. The number of nitrogen functional groups attached to an aromatic ring is 1. The van der Waals surface area contributed by atoms with E-state index in [1.807, 2.05) is 0 Å². The number of fused-ring (bicyclic) bond motifs is 1. The zero-order chi connectivity index (χ0) is 13.3. The Hall–Kier alpha value is -1.16. The zero-order valence-corrected chi connectivity index (χ0v) is 11.6. The van der Waals surface area contributed by atoms with E-state index in [1.165, 1.54) is 22.8 Å². The molecule has 100 valence electrons. The largest absolute Gasteiger partial charge is 0.381 e. The summed E-state index contributed by atoms with van der Waals surface area (Å²) in [6.45, 7) is 1.94. The van der Waals surface area contributed by atoms with Gasteiger partial charge in [0.2, 0.25) is 0 Å². The number of sulfonamides is 1. The van der Waals surface area contributed by atoms with Crippen LogP contribution in [0.25, 0.3) is 4.96 Å². The van der Waals surface area contributed by atoms with Crippen LogP contribution in [-0.4, -0.2) is 37.6 Å². The van der Waals surface area contributed by atoms with Gasteiger partial charge in [-0.15, -0.1) is 11.3 Å². The molecule has 0 aliphatic carbocycles. The van der Waals surface area contributed by atoms with Crippen LogP contribution in [0.15, 0.2) is 16.6 Å². The van der Waals surface area contributed by atoms with E-state index in [0.717, 1.165) is 0 Å². The number of aromatic nitrogens is 2. The number of methoxy groups -OCH3 is 1. The maximum atomic E-state index is 12.1. The molecule has 2 aromatic rings. The fourth-order valence-corrected chi connectivity index (χ4v) is 3.52. The average Bonchev–Trinajstić information content (AvgIpc) is 2.84. The number of imidazole rings is 1. The van der Waals surface area contributed by atoms with E-state index >= 15 is 0 Å². The summed E-state index contributed by atoms with van der Waals surface area (Å²) in [7, 11) is -2.18. The second kappa shape index (κ2) is 4.84. The topological polar surface area (TPSA) is 98.7 Å². The Bertz CT molecular complexity index is 646. The number of rotatable bonds is 5. The minimum absolute atomic E-state index is 0.000537. The fraction of sp³-hybridized carbons (Fsp3) is 0.444. The van der Waals surface area contributed by atoms with E-state index in [1.54, 1.807) is 18.5 Å². The summed E-state index contributed by atoms with van der Waals surface area (Å²) < 4.78 is 33.2. The summed E-state index contributed by atoms with van der Waals surface area (Å²) in [5, 5.41) is 1.72. The first-order valence-corrected chi connectivity index (χ1v) is 7.55. The van der Waals surface area contributed by atoms with Gasteiger partial charge >= 0.3 is 0 Å². The first-order chi connectivity index (χ1) is 8.45. The molecule has 0 saturated carbocycles. The normalized spacial score (nSPS) is 14.1. The highest BCUT2D eigenvalue weighted by atomic mass is 32.2. The van der Waals surface area contributed by atoms with Gasteiger partial charge in [-0.2, -0.15) is 0 Å². The van der Waals surface area contributed by atoms with Gasteiger partial charge in [0.1, 0.15) is 0 Å². The van der Waals surface area contributed by atoms with Crippen LogP contribution in [0.2, 0.25) is 0 Å². The Morgan fingerprint density at radius 1 is 1.67 bits per heavy atom. The van der Waals surface area contributed by atoms with Crippen LogP contribution >= 0.6 is 11.3 Å². The number of nitrogens with two attached hydrogens (primary N) is 1. The third kappa shape index (κ3) is 2.34. The number of hydrogen-bond acceptors (Lipinski definition) is 6. The van der Waals surface area contributed by atoms with E-state index in [0.29, 0.717) is 4.96 Å². The van der Waals surface area contributed by atoms with Gasteiger partial charge in [-0.25, -0.2) is 18.1 Å². The summed E-state index contributed by atoms with van der Waals surface area (Å²) in [6, 6.07) is 0. The summed E-state index contributed by atoms with van der Waals surface area (Å²) in [4.78, 5) is 4.54. The van der Waals surface area contributed by atoms with Crippen LogP contribution in [-0.2, 0) is 14.8 Å². The van der Waals surface area contributed by atoms with Crippen molar-refractivity contribution in [3.05, 3.63) is 11.6 Å². The standard InChI is InChI=1S/C9H14N4O3S2/c1-6(16-2)5-11-18(14,15)8-7(10)12-9-13(8)3-4-17-9/h3-4,6,11H,5,10H2,1-2H3. The summed E-state index contributed by atoms with van der Waals surface area (Å²) in [5.74, 6) is -0.000537. The van der Waals surface area contributed by atoms with Crippen molar-refractivity contribution in [3.8, 4) is 0 Å². The van der Waals surface area contributed by atoms with Crippen molar-refractivity contribution >= 4 is 32.1 Å². The lowest BCUT2D eigenvalue weighted by Crippen LogP contribution is -2.32. The molecule has 7 nitrogen and oxygen atoms in total. The minimum atomic E-state index is -3.70. The van der Waals surface area contributed by atoms with Crippen molar-refractivity contribution in [1.82, 2.24) is 14.1 Å². The van der Waals surface area contributed by atoms with Crippen molar-refractivity contribution in [3.63, 3.8) is 0 Å². The van der Waals surface area contributed by atoms with Crippen LogP contribution in [0.3, 0.4) is 0 Å².